The Morgan fingerprint density at radius 2 is 1.33 bits per heavy atom. The van der Waals surface area contributed by atoms with Crippen LogP contribution in [0.15, 0.2) is 0 Å². The fraction of sp³-hybridized carbons (Fsp3) is 1.00. The fourth-order valence-electron chi connectivity index (χ4n) is 2.82. The molecule has 0 amide bonds. The SMILES string of the molecule is CO[C@@H]1[C@@H](O)[C@@H](O[C@@H]2[C@@H](O)[C@H](O)[C@@H](CO)O[C@@H]2O)O[C@H](CO)[C@H]1O. The van der Waals surface area contributed by atoms with Gasteiger partial charge in [0, 0.05) is 7.11 Å². The maximum absolute atomic E-state index is 10.2. The summed E-state index contributed by atoms with van der Waals surface area (Å²) in [5.74, 6) is 0. The van der Waals surface area contributed by atoms with Crippen LogP contribution in [-0.4, -0.2) is 117 Å². The molecule has 0 radical (unpaired) electrons. The minimum atomic E-state index is -1.71. The van der Waals surface area contributed by atoms with Gasteiger partial charge in [0.15, 0.2) is 12.6 Å². The average Bonchev–Trinajstić information content (AvgIpc) is 2.57. The Labute approximate surface area is 137 Å². The fourth-order valence-corrected chi connectivity index (χ4v) is 2.82. The summed E-state index contributed by atoms with van der Waals surface area (Å²) < 4.78 is 20.4. The summed E-state index contributed by atoms with van der Waals surface area (Å²) in [4.78, 5) is 0. The lowest BCUT2D eigenvalue weighted by Gasteiger charge is -2.45. The van der Waals surface area contributed by atoms with Crippen molar-refractivity contribution in [3.05, 3.63) is 0 Å². The first-order valence-electron chi connectivity index (χ1n) is 7.46. The Morgan fingerprint density at radius 3 is 1.88 bits per heavy atom. The molecule has 0 aliphatic carbocycles. The highest BCUT2D eigenvalue weighted by Gasteiger charge is 2.50. The molecule has 7 N–H and O–H groups in total. The van der Waals surface area contributed by atoms with Gasteiger partial charge < -0.3 is 54.7 Å². The lowest BCUT2D eigenvalue weighted by Crippen LogP contribution is -2.64. The van der Waals surface area contributed by atoms with Crippen LogP contribution in [0, 0.1) is 0 Å². The highest BCUT2D eigenvalue weighted by Crippen LogP contribution is 2.29. The van der Waals surface area contributed by atoms with Gasteiger partial charge in [0.1, 0.15) is 48.8 Å². The zero-order valence-corrected chi connectivity index (χ0v) is 13.0. The Hall–Kier alpha value is -0.440. The van der Waals surface area contributed by atoms with Crippen LogP contribution in [-0.2, 0) is 18.9 Å². The monoisotopic (exact) mass is 356 g/mol. The van der Waals surface area contributed by atoms with Crippen molar-refractivity contribution in [1.29, 1.82) is 0 Å². The lowest BCUT2D eigenvalue weighted by molar-refractivity contribution is -0.363. The second-order valence-corrected chi connectivity index (χ2v) is 5.74. The Kier molecular flexibility index (Phi) is 6.87. The predicted molar refractivity (Wildman–Crippen MR) is 73.4 cm³/mol. The zero-order valence-electron chi connectivity index (χ0n) is 13.0. The number of hydrogen-bond donors (Lipinski definition) is 7. The van der Waals surface area contributed by atoms with Crippen LogP contribution >= 0.6 is 0 Å². The van der Waals surface area contributed by atoms with Crippen molar-refractivity contribution < 1.29 is 54.7 Å². The van der Waals surface area contributed by atoms with Gasteiger partial charge in [-0.15, -0.1) is 0 Å². The van der Waals surface area contributed by atoms with E-state index in [2.05, 4.69) is 0 Å². The van der Waals surface area contributed by atoms with E-state index in [1.165, 1.54) is 7.11 Å². The van der Waals surface area contributed by atoms with Gasteiger partial charge in [-0.2, -0.15) is 0 Å². The van der Waals surface area contributed by atoms with Crippen LogP contribution in [0.25, 0.3) is 0 Å². The first-order chi connectivity index (χ1) is 11.3. The summed E-state index contributed by atoms with van der Waals surface area (Å²) in [6, 6.07) is 0. The van der Waals surface area contributed by atoms with Crippen molar-refractivity contribution in [3.8, 4) is 0 Å². The average molecular weight is 356 g/mol. The van der Waals surface area contributed by atoms with Crippen LogP contribution in [0.5, 0.6) is 0 Å². The third-order valence-corrected chi connectivity index (χ3v) is 4.23. The summed E-state index contributed by atoms with van der Waals surface area (Å²) in [7, 11) is 1.23. The van der Waals surface area contributed by atoms with Crippen LogP contribution in [0.2, 0.25) is 0 Å². The summed E-state index contributed by atoms with van der Waals surface area (Å²) >= 11 is 0. The first-order valence-corrected chi connectivity index (χ1v) is 7.46. The van der Waals surface area contributed by atoms with Gasteiger partial charge >= 0.3 is 0 Å². The van der Waals surface area contributed by atoms with Crippen molar-refractivity contribution in [2.24, 2.45) is 0 Å². The van der Waals surface area contributed by atoms with E-state index in [0.29, 0.717) is 0 Å². The highest BCUT2D eigenvalue weighted by molar-refractivity contribution is 4.93. The van der Waals surface area contributed by atoms with Gasteiger partial charge in [0.2, 0.25) is 0 Å². The van der Waals surface area contributed by atoms with Crippen LogP contribution in [0.4, 0.5) is 0 Å². The van der Waals surface area contributed by atoms with Crippen molar-refractivity contribution in [1.82, 2.24) is 0 Å². The molecule has 11 heteroatoms. The number of ether oxygens (including phenoxy) is 4. The molecule has 142 valence electrons. The van der Waals surface area contributed by atoms with Crippen LogP contribution in [0.1, 0.15) is 0 Å². The van der Waals surface area contributed by atoms with E-state index in [1.807, 2.05) is 0 Å². The molecule has 2 aliphatic heterocycles. The van der Waals surface area contributed by atoms with Gasteiger partial charge in [0.05, 0.1) is 13.2 Å². The van der Waals surface area contributed by atoms with Crippen molar-refractivity contribution in [3.63, 3.8) is 0 Å². The Bertz CT molecular complexity index is 396. The van der Waals surface area contributed by atoms with Crippen molar-refractivity contribution >= 4 is 0 Å². The minimum absolute atomic E-state index is 0.588. The number of aliphatic hydroxyl groups is 7. The van der Waals surface area contributed by atoms with E-state index >= 15 is 0 Å². The maximum Gasteiger partial charge on any atom is 0.187 e. The summed E-state index contributed by atoms with van der Waals surface area (Å²) in [5.41, 5.74) is 0. The molecule has 2 aliphatic rings. The van der Waals surface area contributed by atoms with Crippen LogP contribution in [0.3, 0.4) is 0 Å². The van der Waals surface area contributed by atoms with Gasteiger partial charge in [-0.1, -0.05) is 0 Å². The molecular formula is C13H24O11. The normalized spacial score (nSPS) is 50.0. The van der Waals surface area contributed by atoms with Crippen molar-refractivity contribution in [2.45, 2.75) is 61.4 Å². The summed E-state index contributed by atoms with van der Waals surface area (Å²) in [6.07, 6.45) is -14.2. The third-order valence-electron chi connectivity index (χ3n) is 4.23. The van der Waals surface area contributed by atoms with Crippen LogP contribution < -0.4 is 0 Å². The van der Waals surface area contributed by atoms with E-state index in [9.17, 15) is 30.6 Å². The standard InChI is InChI=1S/C13H24O11/c1-21-10-7(17)5(3-15)23-13(9(10)19)24-11-8(18)6(16)4(2-14)22-12(11)20/h4-20H,2-3H2,1H3/t4-,5-,6-,7-,8+,9-,10+,11-,12+,13-/m1/s1. The Balaban J connectivity index is 2.10. The van der Waals surface area contributed by atoms with E-state index < -0.39 is 74.6 Å². The molecule has 11 nitrogen and oxygen atoms in total. The molecule has 0 bridgehead atoms. The topological polar surface area (TPSA) is 179 Å². The molecule has 24 heavy (non-hydrogen) atoms. The molecule has 10 atom stereocenters. The largest absolute Gasteiger partial charge is 0.394 e. The lowest BCUT2D eigenvalue weighted by atomic mass is 9.97. The van der Waals surface area contributed by atoms with Gasteiger partial charge in [-0.3, -0.25) is 0 Å². The smallest absolute Gasteiger partial charge is 0.187 e. The second kappa shape index (κ2) is 8.29. The van der Waals surface area contributed by atoms with Crippen molar-refractivity contribution in [2.75, 3.05) is 20.3 Å². The summed E-state index contributed by atoms with van der Waals surface area (Å²) in [5, 5.41) is 68.1. The number of hydrogen-bond acceptors (Lipinski definition) is 11. The molecule has 2 heterocycles. The van der Waals surface area contributed by atoms with Gasteiger partial charge in [-0.25, -0.2) is 0 Å². The Morgan fingerprint density at radius 1 is 0.750 bits per heavy atom. The number of methoxy groups -OCH3 is 1. The quantitative estimate of drug-likeness (QED) is 0.251. The highest BCUT2D eigenvalue weighted by atomic mass is 16.7. The zero-order chi connectivity index (χ0) is 18.0. The minimum Gasteiger partial charge on any atom is -0.394 e. The molecule has 0 saturated carbocycles. The molecule has 0 unspecified atom stereocenters. The van der Waals surface area contributed by atoms with E-state index in [1.54, 1.807) is 0 Å². The maximum atomic E-state index is 10.2. The molecular weight excluding hydrogens is 332 g/mol. The summed E-state index contributed by atoms with van der Waals surface area (Å²) in [6.45, 7) is -1.22. The molecule has 2 rings (SSSR count). The molecule has 0 aromatic rings. The molecule has 0 aromatic carbocycles. The predicted octanol–water partition coefficient (Wildman–Crippen LogP) is -4.74. The second-order valence-electron chi connectivity index (χ2n) is 5.74. The van der Waals surface area contributed by atoms with Gasteiger partial charge in [0.25, 0.3) is 0 Å². The van der Waals surface area contributed by atoms with E-state index in [0.717, 1.165) is 0 Å². The molecule has 0 spiro atoms. The molecule has 2 saturated heterocycles. The first kappa shape index (κ1) is 19.9. The van der Waals surface area contributed by atoms with Gasteiger partial charge in [-0.05, 0) is 0 Å². The van der Waals surface area contributed by atoms with E-state index in [-0.39, 0.29) is 0 Å². The van der Waals surface area contributed by atoms with E-state index in [4.69, 9.17) is 24.1 Å². The molecule has 2 fully saturated rings. The number of rotatable bonds is 5. The number of aliphatic hydroxyl groups excluding tert-OH is 7. The molecule has 0 aromatic heterocycles. The third kappa shape index (κ3) is 3.71.